The molecule has 2 N–H and O–H groups in total. The summed E-state index contributed by atoms with van der Waals surface area (Å²) in [6.45, 7) is 0.440. The van der Waals surface area contributed by atoms with E-state index in [9.17, 15) is 12.8 Å². The van der Waals surface area contributed by atoms with Crippen LogP contribution in [0.4, 0.5) is 15.8 Å². The Morgan fingerprint density at radius 2 is 2.00 bits per heavy atom. The number of nitrogens with one attached hydrogen (secondary N) is 2. The lowest BCUT2D eigenvalue weighted by molar-refractivity contribution is 0.588. The third-order valence-corrected chi connectivity index (χ3v) is 6.42. The molecule has 3 heterocycles. The van der Waals surface area contributed by atoms with Gasteiger partial charge in [0.1, 0.15) is 10.7 Å². The molecule has 0 aliphatic heterocycles. The van der Waals surface area contributed by atoms with Crippen LogP contribution >= 0.6 is 24.0 Å². The molecule has 162 valence electrons. The predicted molar refractivity (Wildman–Crippen MR) is 121 cm³/mol. The van der Waals surface area contributed by atoms with Gasteiger partial charge in [-0.15, -0.1) is 12.4 Å². The van der Waals surface area contributed by atoms with Crippen molar-refractivity contribution in [2.75, 3.05) is 12.4 Å². The van der Waals surface area contributed by atoms with Crippen molar-refractivity contribution in [3.63, 3.8) is 0 Å². The summed E-state index contributed by atoms with van der Waals surface area (Å²) in [5.74, 6) is -0.452. The summed E-state index contributed by atoms with van der Waals surface area (Å²) >= 11 is 6.09. The Balaban J connectivity index is 0.00000272. The van der Waals surface area contributed by atoms with E-state index in [1.165, 1.54) is 40.6 Å². The lowest BCUT2D eigenvalue weighted by Crippen LogP contribution is -2.12. The van der Waals surface area contributed by atoms with Gasteiger partial charge in [0.25, 0.3) is 10.0 Å². The van der Waals surface area contributed by atoms with Crippen molar-refractivity contribution in [3.8, 4) is 0 Å². The highest BCUT2D eigenvalue weighted by Crippen LogP contribution is 2.30. The number of halogens is 3. The van der Waals surface area contributed by atoms with Crippen LogP contribution in [0.3, 0.4) is 0 Å². The van der Waals surface area contributed by atoms with E-state index in [0.717, 1.165) is 5.56 Å². The Kier molecular flexibility index (Phi) is 6.80. The molecule has 0 fully saturated rings. The molecule has 0 spiro atoms. The standard InChI is InChI=1S/C20H17ClFN5O2S.ClH/c1-23-9-13-12-27(30(28,29)16-3-2-6-24-11-16)19-8-15(10-25-20(13)19)26-18-5-4-14(22)7-17(18)21;/h2-8,10-12,23,26H,9H2,1H3;1H. The summed E-state index contributed by atoms with van der Waals surface area (Å²) in [5, 5.41) is 6.27. The molecular formula is C20H18Cl2FN5O2S. The quantitative estimate of drug-likeness (QED) is 0.425. The minimum atomic E-state index is -3.88. The molecule has 7 nitrogen and oxygen atoms in total. The summed E-state index contributed by atoms with van der Waals surface area (Å²) in [5.41, 5.74) is 2.65. The van der Waals surface area contributed by atoms with Crippen LogP contribution in [-0.4, -0.2) is 29.4 Å². The molecule has 0 bridgehead atoms. The van der Waals surface area contributed by atoms with Gasteiger partial charge in [0, 0.05) is 30.7 Å². The molecule has 0 aliphatic rings. The first-order valence-corrected chi connectivity index (χ1v) is 10.7. The monoisotopic (exact) mass is 481 g/mol. The highest BCUT2D eigenvalue weighted by Gasteiger charge is 2.22. The highest BCUT2D eigenvalue weighted by atomic mass is 35.5. The van der Waals surface area contributed by atoms with E-state index in [0.29, 0.717) is 29.0 Å². The van der Waals surface area contributed by atoms with Crippen LogP contribution < -0.4 is 10.6 Å². The fraction of sp³-hybridized carbons (Fsp3) is 0.100. The van der Waals surface area contributed by atoms with Crippen molar-refractivity contribution in [2.24, 2.45) is 0 Å². The largest absolute Gasteiger partial charge is 0.353 e. The lowest BCUT2D eigenvalue weighted by atomic mass is 10.2. The number of rotatable bonds is 6. The number of anilines is 2. The zero-order valence-electron chi connectivity index (χ0n) is 16.2. The molecule has 31 heavy (non-hydrogen) atoms. The smallest absolute Gasteiger partial charge is 0.269 e. The van der Waals surface area contributed by atoms with Gasteiger partial charge in [-0.05, 0) is 43.4 Å². The van der Waals surface area contributed by atoms with Gasteiger partial charge in [-0.3, -0.25) is 9.97 Å². The molecule has 0 saturated heterocycles. The fourth-order valence-corrected chi connectivity index (χ4v) is 4.64. The normalized spacial score (nSPS) is 11.3. The van der Waals surface area contributed by atoms with E-state index in [4.69, 9.17) is 11.6 Å². The molecular weight excluding hydrogens is 464 g/mol. The van der Waals surface area contributed by atoms with Gasteiger partial charge in [-0.1, -0.05) is 11.6 Å². The molecule has 4 aromatic rings. The molecule has 3 aromatic heterocycles. The van der Waals surface area contributed by atoms with Crippen molar-refractivity contribution >= 4 is 56.4 Å². The Bertz CT molecular complexity index is 1330. The number of aromatic nitrogens is 3. The molecule has 0 aliphatic carbocycles. The van der Waals surface area contributed by atoms with E-state index in [2.05, 4.69) is 20.6 Å². The van der Waals surface area contributed by atoms with Crippen LogP contribution in [0.25, 0.3) is 11.0 Å². The predicted octanol–water partition coefficient (Wildman–Crippen LogP) is 4.35. The average Bonchev–Trinajstić information content (AvgIpc) is 3.10. The minimum Gasteiger partial charge on any atom is -0.353 e. The van der Waals surface area contributed by atoms with Gasteiger partial charge in [-0.2, -0.15) is 0 Å². The first kappa shape index (κ1) is 23.0. The number of fused-ring (bicyclic) bond motifs is 1. The number of nitrogens with zero attached hydrogens (tertiary/aromatic N) is 3. The Morgan fingerprint density at radius 1 is 1.19 bits per heavy atom. The molecule has 4 rings (SSSR count). The summed E-state index contributed by atoms with van der Waals surface area (Å²) in [4.78, 5) is 8.43. The molecule has 0 unspecified atom stereocenters. The first-order valence-electron chi connectivity index (χ1n) is 8.92. The van der Waals surface area contributed by atoms with Gasteiger partial charge in [-0.25, -0.2) is 16.8 Å². The van der Waals surface area contributed by atoms with E-state index >= 15 is 0 Å². The zero-order valence-corrected chi connectivity index (χ0v) is 18.6. The Hall–Kier alpha value is -2.72. The van der Waals surface area contributed by atoms with Gasteiger partial charge in [0.15, 0.2) is 0 Å². The lowest BCUT2D eigenvalue weighted by Gasteiger charge is -2.10. The molecule has 0 radical (unpaired) electrons. The van der Waals surface area contributed by atoms with Crippen molar-refractivity contribution in [3.05, 3.63) is 77.6 Å². The van der Waals surface area contributed by atoms with Crippen molar-refractivity contribution < 1.29 is 12.8 Å². The SMILES string of the molecule is CNCc1cn(S(=O)(=O)c2cccnc2)c2cc(Nc3ccc(F)cc3Cl)cnc12.Cl. The number of hydrogen-bond donors (Lipinski definition) is 2. The maximum Gasteiger partial charge on any atom is 0.269 e. The van der Waals surface area contributed by atoms with E-state index in [1.807, 2.05) is 0 Å². The average molecular weight is 482 g/mol. The van der Waals surface area contributed by atoms with Crippen LogP contribution in [0.15, 0.2) is 66.1 Å². The van der Waals surface area contributed by atoms with Gasteiger partial charge < -0.3 is 10.6 Å². The van der Waals surface area contributed by atoms with E-state index in [1.54, 1.807) is 31.6 Å². The van der Waals surface area contributed by atoms with Crippen LogP contribution in [0.1, 0.15) is 5.56 Å². The van der Waals surface area contributed by atoms with Crippen LogP contribution in [0.5, 0.6) is 0 Å². The number of hydrogen-bond acceptors (Lipinski definition) is 6. The van der Waals surface area contributed by atoms with Gasteiger partial charge in [0.2, 0.25) is 0 Å². The van der Waals surface area contributed by atoms with Gasteiger partial charge in [0.05, 0.1) is 33.6 Å². The van der Waals surface area contributed by atoms with Gasteiger partial charge >= 0.3 is 0 Å². The molecule has 0 atom stereocenters. The molecule has 0 saturated carbocycles. The summed E-state index contributed by atoms with van der Waals surface area (Å²) < 4.78 is 40.9. The minimum absolute atomic E-state index is 0. The zero-order chi connectivity index (χ0) is 21.3. The van der Waals surface area contributed by atoms with E-state index in [-0.39, 0.29) is 22.3 Å². The second kappa shape index (κ2) is 9.19. The highest BCUT2D eigenvalue weighted by molar-refractivity contribution is 7.90. The summed E-state index contributed by atoms with van der Waals surface area (Å²) in [6.07, 6.45) is 5.93. The van der Waals surface area contributed by atoms with Crippen LogP contribution in [0.2, 0.25) is 5.02 Å². The summed E-state index contributed by atoms with van der Waals surface area (Å²) in [7, 11) is -2.11. The third-order valence-electron chi connectivity index (χ3n) is 4.45. The maximum absolute atomic E-state index is 13.3. The first-order chi connectivity index (χ1) is 14.4. The van der Waals surface area contributed by atoms with E-state index < -0.39 is 15.8 Å². The Morgan fingerprint density at radius 3 is 2.68 bits per heavy atom. The second-order valence-corrected chi connectivity index (χ2v) is 8.74. The second-order valence-electron chi connectivity index (χ2n) is 6.52. The Labute approximate surface area is 189 Å². The maximum atomic E-state index is 13.3. The number of pyridine rings is 2. The number of benzene rings is 1. The molecule has 0 amide bonds. The third kappa shape index (κ3) is 4.49. The summed E-state index contributed by atoms with van der Waals surface area (Å²) in [6, 6.07) is 8.68. The topological polar surface area (TPSA) is 88.9 Å². The van der Waals surface area contributed by atoms with Crippen LogP contribution in [0, 0.1) is 5.82 Å². The van der Waals surface area contributed by atoms with Crippen LogP contribution in [-0.2, 0) is 16.6 Å². The van der Waals surface area contributed by atoms with Crippen molar-refractivity contribution in [1.82, 2.24) is 19.3 Å². The molecule has 1 aromatic carbocycles. The molecule has 11 heteroatoms. The fourth-order valence-electron chi connectivity index (χ4n) is 3.09. The van der Waals surface area contributed by atoms with Crippen molar-refractivity contribution in [1.29, 1.82) is 0 Å². The van der Waals surface area contributed by atoms with Crippen molar-refractivity contribution in [2.45, 2.75) is 11.4 Å².